The molecule has 0 radical (unpaired) electrons. The number of halogens is 1. The van der Waals surface area contributed by atoms with Crippen molar-refractivity contribution in [2.45, 2.75) is 12.0 Å². The van der Waals surface area contributed by atoms with Crippen LogP contribution in [0.5, 0.6) is 17.2 Å². The molecule has 34 heavy (non-hydrogen) atoms. The standard InChI is InChI=1S/C25H24ClN3O5/c1-29-23(14-6-5-9-27-13-14)22(24(30)28-15-7-8-19(32-2)18(26)10-15)16-11-20(33-3)21(34-4)12-17(16)25(29)31/h5-13,22-23H,1-4H3,(H,28,30)/t22-,23-/m1/s1. The molecule has 2 atom stereocenters. The molecule has 2 aromatic carbocycles. The summed E-state index contributed by atoms with van der Waals surface area (Å²) >= 11 is 6.25. The Bertz CT molecular complexity index is 1230. The van der Waals surface area contributed by atoms with Gasteiger partial charge in [0.15, 0.2) is 11.5 Å². The second kappa shape index (κ2) is 9.61. The lowest BCUT2D eigenvalue weighted by Crippen LogP contribution is -2.44. The largest absolute Gasteiger partial charge is 0.495 e. The number of ether oxygens (including phenoxy) is 3. The summed E-state index contributed by atoms with van der Waals surface area (Å²) in [7, 11) is 6.20. The number of pyridine rings is 1. The molecule has 0 saturated heterocycles. The number of amides is 2. The minimum absolute atomic E-state index is 0.235. The van der Waals surface area contributed by atoms with Crippen LogP contribution in [0.3, 0.4) is 0 Å². The van der Waals surface area contributed by atoms with Crippen molar-refractivity contribution in [2.24, 2.45) is 0 Å². The van der Waals surface area contributed by atoms with Crippen LogP contribution in [0.4, 0.5) is 5.69 Å². The summed E-state index contributed by atoms with van der Waals surface area (Å²) in [5, 5.41) is 3.30. The van der Waals surface area contributed by atoms with Gasteiger partial charge in [-0.2, -0.15) is 0 Å². The highest BCUT2D eigenvalue weighted by atomic mass is 35.5. The van der Waals surface area contributed by atoms with Gasteiger partial charge in [0, 0.05) is 30.7 Å². The van der Waals surface area contributed by atoms with E-state index in [4.69, 9.17) is 25.8 Å². The van der Waals surface area contributed by atoms with Gasteiger partial charge in [-0.25, -0.2) is 0 Å². The predicted octanol–water partition coefficient (Wildman–Crippen LogP) is 4.31. The summed E-state index contributed by atoms with van der Waals surface area (Å²) in [5.41, 5.74) is 2.13. The van der Waals surface area contributed by atoms with Gasteiger partial charge < -0.3 is 24.4 Å². The molecule has 1 aliphatic heterocycles. The number of carbonyl (C=O) groups is 2. The first-order valence-electron chi connectivity index (χ1n) is 10.5. The maximum Gasteiger partial charge on any atom is 0.254 e. The lowest BCUT2D eigenvalue weighted by Gasteiger charge is -2.39. The minimum atomic E-state index is -0.761. The molecule has 2 amide bonds. The van der Waals surface area contributed by atoms with E-state index in [1.807, 2.05) is 6.07 Å². The van der Waals surface area contributed by atoms with Crippen LogP contribution in [0.25, 0.3) is 0 Å². The fourth-order valence-corrected chi connectivity index (χ4v) is 4.52. The second-order valence-corrected chi connectivity index (χ2v) is 8.17. The Hall–Kier alpha value is -3.78. The molecule has 1 N–H and O–H groups in total. The zero-order valence-corrected chi connectivity index (χ0v) is 19.9. The number of anilines is 1. The highest BCUT2D eigenvalue weighted by Crippen LogP contribution is 2.46. The van der Waals surface area contributed by atoms with Gasteiger partial charge in [0.2, 0.25) is 5.91 Å². The van der Waals surface area contributed by atoms with E-state index < -0.39 is 12.0 Å². The number of nitrogens with zero attached hydrogens (tertiary/aromatic N) is 2. The Kier molecular flexibility index (Phi) is 6.61. The molecule has 1 aromatic heterocycles. The van der Waals surface area contributed by atoms with E-state index in [0.29, 0.717) is 39.1 Å². The van der Waals surface area contributed by atoms with E-state index in [2.05, 4.69) is 10.3 Å². The van der Waals surface area contributed by atoms with E-state index in [0.717, 1.165) is 5.56 Å². The van der Waals surface area contributed by atoms with Crippen LogP contribution in [-0.4, -0.2) is 50.1 Å². The molecule has 0 fully saturated rings. The lowest BCUT2D eigenvalue weighted by molar-refractivity contribution is -0.119. The van der Waals surface area contributed by atoms with Crippen molar-refractivity contribution in [2.75, 3.05) is 33.7 Å². The van der Waals surface area contributed by atoms with Crippen LogP contribution in [-0.2, 0) is 4.79 Å². The number of fused-ring (bicyclic) bond motifs is 1. The first-order chi connectivity index (χ1) is 16.4. The van der Waals surface area contributed by atoms with Gasteiger partial charge in [-0.05, 0) is 47.5 Å². The van der Waals surface area contributed by atoms with Gasteiger partial charge in [0.25, 0.3) is 5.91 Å². The smallest absolute Gasteiger partial charge is 0.254 e. The number of nitrogens with one attached hydrogen (secondary N) is 1. The topological polar surface area (TPSA) is 90.0 Å². The van der Waals surface area contributed by atoms with Crippen molar-refractivity contribution in [3.8, 4) is 17.2 Å². The van der Waals surface area contributed by atoms with Crippen molar-refractivity contribution in [1.82, 2.24) is 9.88 Å². The van der Waals surface area contributed by atoms with Crippen molar-refractivity contribution >= 4 is 29.1 Å². The van der Waals surface area contributed by atoms with E-state index in [9.17, 15) is 9.59 Å². The van der Waals surface area contributed by atoms with Crippen molar-refractivity contribution < 1.29 is 23.8 Å². The molecular weight excluding hydrogens is 458 g/mol. The SMILES string of the molecule is COc1ccc(NC(=O)[C@@H]2c3cc(OC)c(OC)cc3C(=O)N(C)[C@@H]2c2cccnc2)cc1Cl. The normalized spacial score (nSPS) is 17.1. The molecule has 9 heteroatoms. The monoisotopic (exact) mass is 481 g/mol. The van der Waals surface area contributed by atoms with Gasteiger partial charge in [0.05, 0.1) is 38.3 Å². The van der Waals surface area contributed by atoms with Gasteiger partial charge in [0.1, 0.15) is 5.75 Å². The molecule has 0 spiro atoms. The molecule has 2 heterocycles. The average molecular weight is 482 g/mol. The van der Waals surface area contributed by atoms with Crippen LogP contribution in [0, 0.1) is 0 Å². The summed E-state index contributed by atoms with van der Waals surface area (Å²) in [4.78, 5) is 32.9. The average Bonchev–Trinajstić information content (AvgIpc) is 2.85. The van der Waals surface area contributed by atoms with Crippen molar-refractivity contribution in [1.29, 1.82) is 0 Å². The molecule has 1 aliphatic rings. The number of hydrogen-bond donors (Lipinski definition) is 1. The molecule has 4 rings (SSSR count). The third kappa shape index (κ3) is 4.12. The van der Waals surface area contributed by atoms with Crippen LogP contribution < -0.4 is 19.5 Å². The van der Waals surface area contributed by atoms with Gasteiger partial charge in [-0.1, -0.05) is 17.7 Å². The highest BCUT2D eigenvalue weighted by Gasteiger charge is 2.43. The quantitative estimate of drug-likeness (QED) is 0.564. The van der Waals surface area contributed by atoms with Crippen LogP contribution in [0.15, 0.2) is 54.9 Å². The summed E-state index contributed by atoms with van der Waals surface area (Å²) in [5.74, 6) is 0.0164. The van der Waals surface area contributed by atoms with E-state index in [1.165, 1.54) is 21.3 Å². The van der Waals surface area contributed by atoms with E-state index in [-0.39, 0.29) is 11.8 Å². The molecule has 0 bridgehead atoms. The second-order valence-electron chi connectivity index (χ2n) is 7.76. The zero-order chi connectivity index (χ0) is 24.4. The summed E-state index contributed by atoms with van der Waals surface area (Å²) in [6, 6.07) is 11.3. The molecule has 0 unspecified atom stereocenters. The number of methoxy groups -OCH3 is 3. The minimum Gasteiger partial charge on any atom is -0.495 e. The third-order valence-electron chi connectivity index (χ3n) is 5.90. The fourth-order valence-electron chi connectivity index (χ4n) is 4.26. The maximum absolute atomic E-state index is 13.8. The summed E-state index contributed by atoms with van der Waals surface area (Å²) in [6.07, 6.45) is 3.30. The number of carbonyl (C=O) groups excluding carboxylic acids is 2. The van der Waals surface area contributed by atoms with Crippen molar-refractivity contribution in [3.05, 3.63) is 76.6 Å². The maximum atomic E-state index is 13.8. The highest BCUT2D eigenvalue weighted by molar-refractivity contribution is 6.32. The number of aromatic nitrogens is 1. The van der Waals surface area contributed by atoms with Crippen LogP contribution in [0.1, 0.15) is 33.4 Å². The van der Waals surface area contributed by atoms with E-state index >= 15 is 0 Å². The first kappa shape index (κ1) is 23.4. The third-order valence-corrected chi connectivity index (χ3v) is 6.20. The number of benzene rings is 2. The zero-order valence-electron chi connectivity index (χ0n) is 19.2. The molecule has 8 nitrogen and oxygen atoms in total. The Labute approximate surface area is 202 Å². The summed E-state index contributed by atoms with van der Waals surface area (Å²) in [6.45, 7) is 0. The van der Waals surface area contributed by atoms with Gasteiger partial charge >= 0.3 is 0 Å². The molecule has 0 aliphatic carbocycles. The number of hydrogen-bond acceptors (Lipinski definition) is 6. The Balaban J connectivity index is 1.85. The number of rotatable bonds is 6. The van der Waals surface area contributed by atoms with Gasteiger partial charge in [-0.3, -0.25) is 14.6 Å². The number of likely N-dealkylation sites (N-methyl/N-ethyl adjacent to an activating group) is 1. The predicted molar refractivity (Wildman–Crippen MR) is 128 cm³/mol. The fraction of sp³-hybridized carbons (Fsp3) is 0.240. The summed E-state index contributed by atoms with van der Waals surface area (Å²) < 4.78 is 16.1. The van der Waals surface area contributed by atoms with E-state index in [1.54, 1.807) is 60.7 Å². The van der Waals surface area contributed by atoms with Gasteiger partial charge in [-0.15, -0.1) is 0 Å². The van der Waals surface area contributed by atoms with Crippen molar-refractivity contribution in [3.63, 3.8) is 0 Å². The molecular formula is C25H24ClN3O5. The van der Waals surface area contributed by atoms with Crippen LogP contribution >= 0.6 is 11.6 Å². The Morgan fingerprint density at radius 1 is 1.03 bits per heavy atom. The molecule has 176 valence electrons. The van der Waals surface area contributed by atoms with Crippen LogP contribution in [0.2, 0.25) is 5.02 Å². The lowest BCUT2D eigenvalue weighted by atomic mass is 9.79. The molecule has 3 aromatic rings. The Morgan fingerprint density at radius 2 is 1.74 bits per heavy atom. The first-order valence-corrected chi connectivity index (χ1v) is 10.8. The Morgan fingerprint density at radius 3 is 2.35 bits per heavy atom. The molecule has 0 saturated carbocycles.